The molecule has 1 aromatic rings. The highest BCUT2D eigenvalue weighted by molar-refractivity contribution is 5.97. The number of aryl methyl sites for hydroxylation is 1. The van der Waals surface area contributed by atoms with Gasteiger partial charge in [-0.25, -0.2) is 0 Å². The van der Waals surface area contributed by atoms with Crippen LogP contribution in [0.1, 0.15) is 27.9 Å². The van der Waals surface area contributed by atoms with Gasteiger partial charge in [-0.05, 0) is 31.7 Å². The van der Waals surface area contributed by atoms with Crippen LogP contribution in [0.3, 0.4) is 0 Å². The van der Waals surface area contributed by atoms with E-state index in [1.807, 2.05) is 30.0 Å². The van der Waals surface area contributed by atoms with Gasteiger partial charge in [0.15, 0.2) is 0 Å². The van der Waals surface area contributed by atoms with Gasteiger partial charge in [0.05, 0.1) is 12.2 Å². The smallest absolute Gasteiger partial charge is 0.255 e. The van der Waals surface area contributed by atoms with Gasteiger partial charge in [-0.2, -0.15) is 0 Å². The highest BCUT2D eigenvalue weighted by atomic mass is 16.2. The molecule has 0 radical (unpaired) electrons. The molecule has 21 heavy (non-hydrogen) atoms. The molecule has 1 heterocycles. The summed E-state index contributed by atoms with van der Waals surface area (Å²) >= 11 is 0. The molecule has 2 rings (SSSR count). The van der Waals surface area contributed by atoms with E-state index in [1.165, 1.54) is 0 Å². The Balaban J connectivity index is 2.22. The lowest BCUT2D eigenvalue weighted by Crippen LogP contribution is -2.47. The summed E-state index contributed by atoms with van der Waals surface area (Å²) in [5.41, 5.74) is 2.50. The molecular formula is C17H22N2O2. The lowest BCUT2D eigenvalue weighted by molar-refractivity contribution is 0.0664. The number of hydrogen-bond donors (Lipinski definition) is 1. The van der Waals surface area contributed by atoms with Gasteiger partial charge in [0, 0.05) is 38.2 Å². The molecule has 1 aromatic carbocycles. The standard InChI is InChI=1S/C17H22N2O2/c1-14-6-7-16(15(13-14)5-3-4-12-20)17(21)19-10-8-18(2)9-11-19/h6-7,13,20H,4,8-12H2,1-2H3. The van der Waals surface area contributed by atoms with E-state index in [1.54, 1.807) is 0 Å². The highest BCUT2D eigenvalue weighted by Crippen LogP contribution is 2.15. The van der Waals surface area contributed by atoms with Crippen LogP contribution in [-0.4, -0.2) is 60.6 Å². The second-order valence-electron chi connectivity index (χ2n) is 5.42. The van der Waals surface area contributed by atoms with Gasteiger partial charge < -0.3 is 14.9 Å². The first-order valence-corrected chi connectivity index (χ1v) is 7.30. The molecule has 1 N–H and O–H groups in total. The number of aliphatic hydroxyl groups excluding tert-OH is 1. The Morgan fingerprint density at radius 1 is 1.29 bits per heavy atom. The minimum absolute atomic E-state index is 0.0422. The van der Waals surface area contributed by atoms with Crippen LogP contribution in [0.4, 0.5) is 0 Å². The van der Waals surface area contributed by atoms with E-state index in [4.69, 9.17) is 5.11 Å². The Morgan fingerprint density at radius 2 is 2.00 bits per heavy atom. The minimum Gasteiger partial charge on any atom is -0.395 e. The van der Waals surface area contributed by atoms with Crippen molar-refractivity contribution in [2.45, 2.75) is 13.3 Å². The first-order chi connectivity index (χ1) is 10.1. The van der Waals surface area contributed by atoms with Gasteiger partial charge in [-0.3, -0.25) is 4.79 Å². The van der Waals surface area contributed by atoms with Crippen LogP contribution >= 0.6 is 0 Å². The van der Waals surface area contributed by atoms with Crippen molar-refractivity contribution in [2.24, 2.45) is 0 Å². The summed E-state index contributed by atoms with van der Waals surface area (Å²) in [5.74, 6) is 5.97. The first kappa shape index (κ1) is 15.6. The molecular weight excluding hydrogens is 264 g/mol. The molecule has 4 nitrogen and oxygen atoms in total. The summed E-state index contributed by atoms with van der Waals surface area (Å²) in [6, 6.07) is 5.74. The molecule has 0 bridgehead atoms. The molecule has 1 saturated heterocycles. The molecule has 1 aliphatic rings. The summed E-state index contributed by atoms with van der Waals surface area (Å²) in [5, 5.41) is 8.82. The maximum atomic E-state index is 12.7. The third-order valence-electron chi connectivity index (χ3n) is 3.66. The average molecular weight is 286 g/mol. The molecule has 0 atom stereocenters. The van der Waals surface area contributed by atoms with E-state index in [2.05, 4.69) is 23.8 Å². The van der Waals surface area contributed by atoms with Crippen molar-refractivity contribution < 1.29 is 9.90 Å². The van der Waals surface area contributed by atoms with Crippen LogP contribution in [0.2, 0.25) is 0 Å². The van der Waals surface area contributed by atoms with Gasteiger partial charge in [-0.1, -0.05) is 17.9 Å². The number of carbonyl (C=O) groups excluding carboxylic acids is 1. The van der Waals surface area contributed by atoms with Gasteiger partial charge in [0.25, 0.3) is 5.91 Å². The van der Waals surface area contributed by atoms with Crippen molar-refractivity contribution in [3.8, 4) is 11.8 Å². The largest absolute Gasteiger partial charge is 0.395 e. The van der Waals surface area contributed by atoms with Gasteiger partial charge in [0.2, 0.25) is 0 Å². The van der Waals surface area contributed by atoms with Crippen molar-refractivity contribution in [1.82, 2.24) is 9.80 Å². The molecule has 1 aliphatic heterocycles. The number of amides is 1. The van der Waals surface area contributed by atoms with Crippen LogP contribution in [0, 0.1) is 18.8 Å². The Kier molecular flexibility index (Phi) is 5.38. The Labute approximate surface area is 126 Å². The van der Waals surface area contributed by atoms with Crippen LogP contribution in [-0.2, 0) is 0 Å². The van der Waals surface area contributed by atoms with Crippen molar-refractivity contribution >= 4 is 5.91 Å². The number of benzene rings is 1. The monoisotopic (exact) mass is 286 g/mol. The van der Waals surface area contributed by atoms with Gasteiger partial charge in [0.1, 0.15) is 0 Å². The minimum atomic E-state index is 0.0422. The van der Waals surface area contributed by atoms with Crippen LogP contribution in [0.5, 0.6) is 0 Å². The summed E-state index contributed by atoms with van der Waals surface area (Å²) in [7, 11) is 2.07. The molecule has 0 saturated carbocycles. The summed E-state index contributed by atoms with van der Waals surface area (Å²) in [6.45, 7) is 5.35. The molecule has 0 spiro atoms. The van der Waals surface area contributed by atoms with Crippen molar-refractivity contribution in [3.63, 3.8) is 0 Å². The lowest BCUT2D eigenvalue weighted by atomic mass is 10.0. The fourth-order valence-electron chi connectivity index (χ4n) is 2.34. The summed E-state index contributed by atoms with van der Waals surface area (Å²) < 4.78 is 0. The van der Waals surface area contributed by atoms with E-state index >= 15 is 0 Å². The lowest BCUT2D eigenvalue weighted by Gasteiger charge is -2.32. The molecule has 1 fully saturated rings. The summed E-state index contributed by atoms with van der Waals surface area (Å²) in [6.07, 6.45) is 0.427. The average Bonchev–Trinajstić information content (AvgIpc) is 2.48. The van der Waals surface area contributed by atoms with Crippen LogP contribution in [0.25, 0.3) is 0 Å². The molecule has 112 valence electrons. The number of piperazine rings is 1. The SMILES string of the molecule is Cc1ccc(C(=O)N2CCN(C)CC2)c(C#CCCO)c1. The van der Waals surface area contributed by atoms with Gasteiger partial charge >= 0.3 is 0 Å². The van der Waals surface area contributed by atoms with Crippen LogP contribution < -0.4 is 0 Å². The van der Waals surface area contributed by atoms with Crippen molar-refractivity contribution in [2.75, 3.05) is 39.8 Å². The van der Waals surface area contributed by atoms with E-state index in [9.17, 15) is 4.79 Å². The molecule has 4 heteroatoms. The van der Waals surface area contributed by atoms with E-state index in [0.29, 0.717) is 12.0 Å². The van der Waals surface area contributed by atoms with E-state index in [-0.39, 0.29) is 12.5 Å². The fourth-order valence-corrected chi connectivity index (χ4v) is 2.34. The third kappa shape index (κ3) is 4.07. The maximum Gasteiger partial charge on any atom is 0.255 e. The van der Waals surface area contributed by atoms with Gasteiger partial charge in [-0.15, -0.1) is 0 Å². The fraction of sp³-hybridized carbons (Fsp3) is 0.471. The first-order valence-electron chi connectivity index (χ1n) is 7.30. The second kappa shape index (κ2) is 7.26. The quantitative estimate of drug-likeness (QED) is 0.829. The molecule has 0 unspecified atom stereocenters. The maximum absolute atomic E-state index is 12.7. The zero-order valence-electron chi connectivity index (χ0n) is 12.7. The Bertz CT molecular complexity index is 564. The number of rotatable bonds is 2. The number of carbonyl (C=O) groups is 1. The van der Waals surface area contributed by atoms with E-state index in [0.717, 1.165) is 37.3 Å². The Hall–Kier alpha value is -1.83. The number of hydrogen-bond acceptors (Lipinski definition) is 3. The predicted molar refractivity (Wildman–Crippen MR) is 83.2 cm³/mol. The zero-order chi connectivity index (χ0) is 15.2. The Morgan fingerprint density at radius 3 is 2.67 bits per heavy atom. The normalized spacial score (nSPS) is 15.5. The second-order valence-corrected chi connectivity index (χ2v) is 5.42. The van der Waals surface area contributed by atoms with Crippen molar-refractivity contribution in [1.29, 1.82) is 0 Å². The van der Waals surface area contributed by atoms with Crippen LogP contribution in [0.15, 0.2) is 18.2 Å². The topological polar surface area (TPSA) is 43.8 Å². The number of nitrogens with zero attached hydrogens (tertiary/aromatic N) is 2. The number of likely N-dealkylation sites (N-methyl/N-ethyl adjacent to an activating group) is 1. The van der Waals surface area contributed by atoms with Crippen molar-refractivity contribution in [3.05, 3.63) is 34.9 Å². The molecule has 1 amide bonds. The summed E-state index contributed by atoms with van der Waals surface area (Å²) in [4.78, 5) is 16.8. The number of aliphatic hydroxyl groups is 1. The van der Waals surface area contributed by atoms with E-state index < -0.39 is 0 Å². The zero-order valence-corrected chi connectivity index (χ0v) is 12.7. The predicted octanol–water partition coefficient (Wildman–Crippen LogP) is 1.12. The third-order valence-corrected chi connectivity index (χ3v) is 3.66. The molecule has 0 aliphatic carbocycles. The molecule has 0 aromatic heterocycles. The highest BCUT2D eigenvalue weighted by Gasteiger charge is 2.21.